The summed E-state index contributed by atoms with van der Waals surface area (Å²) < 4.78 is 31.7. The Morgan fingerprint density at radius 3 is 2.57 bits per heavy atom. The highest BCUT2D eigenvalue weighted by Crippen LogP contribution is 2.28. The lowest BCUT2D eigenvalue weighted by atomic mass is 10.3. The van der Waals surface area contributed by atoms with Gasteiger partial charge in [-0.1, -0.05) is 0 Å². The fraction of sp³-hybridized carbons (Fsp3) is 0.462. The number of sulfonamides is 1. The maximum Gasteiger partial charge on any atom is 0.321 e. The fourth-order valence-electron chi connectivity index (χ4n) is 1.72. The van der Waals surface area contributed by atoms with Crippen LogP contribution in [0.15, 0.2) is 27.6 Å². The number of benzene rings is 1. The molecule has 1 aromatic rings. The van der Waals surface area contributed by atoms with E-state index in [4.69, 9.17) is 10.5 Å². The van der Waals surface area contributed by atoms with E-state index in [0.717, 1.165) is 4.31 Å². The van der Waals surface area contributed by atoms with Gasteiger partial charge >= 0.3 is 5.97 Å². The molecule has 0 heterocycles. The molecule has 0 unspecified atom stereocenters. The Hall–Kier alpha value is -1.12. The molecule has 2 N–H and O–H groups in total. The van der Waals surface area contributed by atoms with E-state index in [9.17, 15) is 13.2 Å². The molecule has 8 heteroatoms. The van der Waals surface area contributed by atoms with E-state index in [-0.39, 0.29) is 18.0 Å². The van der Waals surface area contributed by atoms with Crippen LogP contribution in [0.4, 0.5) is 5.69 Å². The van der Waals surface area contributed by atoms with E-state index in [1.54, 1.807) is 32.9 Å². The topological polar surface area (TPSA) is 89.7 Å². The zero-order valence-electron chi connectivity index (χ0n) is 12.2. The van der Waals surface area contributed by atoms with Crippen LogP contribution in [0.5, 0.6) is 0 Å². The monoisotopic (exact) mass is 378 g/mol. The summed E-state index contributed by atoms with van der Waals surface area (Å²) in [6.45, 7) is 4.91. The van der Waals surface area contributed by atoms with Crippen molar-refractivity contribution in [3.8, 4) is 0 Å². The molecule has 0 spiro atoms. The second-order valence-electron chi connectivity index (χ2n) is 4.64. The molecule has 0 aliphatic carbocycles. The van der Waals surface area contributed by atoms with Gasteiger partial charge in [-0.15, -0.1) is 0 Å². The molecule has 1 aromatic carbocycles. The van der Waals surface area contributed by atoms with Gasteiger partial charge in [0, 0.05) is 16.2 Å². The Balaban J connectivity index is 3.22. The minimum atomic E-state index is -3.86. The molecule has 0 saturated heterocycles. The van der Waals surface area contributed by atoms with Gasteiger partial charge in [0.15, 0.2) is 0 Å². The number of ether oxygens (including phenoxy) is 1. The Kier molecular flexibility index (Phi) is 6.18. The predicted octanol–water partition coefficient (Wildman–Crippen LogP) is 1.99. The number of rotatable bonds is 6. The number of nitrogens with two attached hydrogens (primary N) is 1. The van der Waals surface area contributed by atoms with E-state index < -0.39 is 22.0 Å². The second kappa shape index (κ2) is 7.24. The van der Waals surface area contributed by atoms with Gasteiger partial charge in [0.05, 0.1) is 11.5 Å². The lowest BCUT2D eigenvalue weighted by molar-refractivity contribution is -0.143. The highest BCUT2D eigenvalue weighted by molar-refractivity contribution is 9.10. The van der Waals surface area contributed by atoms with Crippen molar-refractivity contribution in [1.82, 2.24) is 4.31 Å². The first-order valence-corrected chi connectivity index (χ1v) is 8.66. The summed E-state index contributed by atoms with van der Waals surface area (Å²) in [4.78, 5) is 11.7. The molecule has 0 atom stereocenters. The molecule has 0 amide bonds. The van der Waals surface area contributed by atoms with Crippen molar-refractivity contribution in [2.75, 3.05) is 18.9 Å². The Labute approximate surface area is 133 Å². The second-order valence-corrected chi connectivity index (χ2v) is 7.35. The van der Waals surface area contributed by atoms with Gasteiger partial charge < -0.3 is 10.5 Å². The molecule has 0 aromatic heterocycles. The smallest absolute Gasteiger partial charge is 0.321 e. The van der Waals surface area contributed by atoms with E-state index in [2.05, 4.69) is 15.9 Å². The maximum absolute atomic E-state index is 12.7. The van der Waals surface area contributed by atoms with Crippen LogP contribution in [-0.2, 0) is 19.6 Å². The van der Waals surface area contributed by atoms with Crippen LogP contribution >= 0.6 is 15.9 Å². The van der Waals surface area contributed by atoms with Gasteiger partial charge in [-0.3, -0.25) is 4.79 Å². The number of carbonyl (C=O) groups excluding carboxylic acids is 1. The zero-order chi connectivity index (χ0) is 16.2. The van der Waals surface area contributed by atoms with E-state index in [1.807, 2.05) is 0 Å². The third kappa shape index (κ3) is 4.42. The summed E-state index contributed by atoms with van der Waals surface area (Å²) in [5.74, 6) is -0.588. The number of hydrogen-bond acceptors (Lipinski definition) is 5. The largest absolute Gasteiger partial charge is 0.465 e. The number of nitrogen functional groups attached to an aromatic ring is 1. The van der Waals surface area contributed by atoms with Gasteiger partial charge in [-0.05, 0) is 54.9 Å². The van der Waals surface area contributed by atoms with Crippen LogP contribution < -0.4 is 5.73 Å². The highest BCUT2D eigenvalue weighted by atomic mass is 79.9. The number of hydrogen-bond donors (Lipinski definition) is 1. The van der Waals surface area contributed by atoms with Gasteiger partial charge in [-0.25, -0.2) is 8.42 Å². The summed E-state index contributed by atoms with van der Waals surface area (Å²) in [7, 11) is -3.86. The number of halogens is 1. The minimum absolute atomic E-state index is 0.0282. The summed E-state index contributed by atoms with van der Waals surface area (Å²) in [6.07, 6.45) is 0. The third-order valence-electron chi connectivity index (χ3n) is 2.71. The molecule has 0 saturated carbocycles. The Morgan fingerprint density at radius 2 is 2.05 bits per heavy atom. The molecule has 0 radical (unpaired) electrons. The summed E-state index contributed by atoms with van der Waals surface area (Å²) in [5.41, 5.74) is 5.98. The van der Waals surface area contributed by atoms with Crippen LogP contribution in [-0.4, -0.2) is 37.9 Å². The van der Waals surface area contributed by atoms with Gasteiger partial charge in [0.25, 0.3) is 0 Å². The van der Waals surface area contributed by atoms with Crippen LogP contribution in [0.25, 0.3) is 0 Å². The van der Waals surface area contributed by atoms with Crippen molar-refractivity contribution in [2.45, 2.75) is 31.7 Å². The fourth-order valence-corrected chi connectivity index (χ4v) is 4.27. The first-order chi connectivity index (χ1) is 9.70. The van der Waals surface area contributed by atoms with Crippen molar-refractivity contribution in [3.05, 3.63) is 22.7 Å². The summed E-state index contributed by atoms with van der Waals surface area (Å²) >= 11 is 3.20. The van der Waals surface area contributed by atoms with Crippen molar-refractivity contribution < 1.29 is 17.9 Å². The van der Waals surface area contributed by atoms with E-state index in [0.29, 0.717) is 10.2 Å². The molecule has 0 fully saturated rings. The van der Waals surface area contributed by atoms with Crippen LogP contribution in [0.2, 0.25) is 0 Å². The number of anilines is 1. The molecule has 0 bridgehead atoms. The quantitative estimate of drug-likeness (QED) is 0.603. The molecular weight excluding hydrogens is 360 g/mol. The minimum Gasteiger partial charge on any atom is -0.465 e. The van der Waals surface area contributed by atoms with Crippen molar-refractivity contribution in [1.29, 1.82) is 0 Å². The first kappa shape index (κ1) is 17.9. The van der Waals surface area contributed by atoms with Crippen molar-refractivity contribution in [2.24, 2.45) is 0 Å². The lowest BCUT2D eigenvalue weighted by Gasteiger charge is -2.25. The molecule has 21 heavy (non-hydrogen) atoms. The van der Waals surface area contributed by atoms with Crippen LogP contribution in [0.1, 0.15) is 20.8 Å². The highest BCUT2D eigenvalue weighted by Gasteiger charge is 2.31. The molecule has 0 aliphatic heterocycles. The number of esters is 1. The van der Waals surface area contributed by atoms with Gasteiger partial charge in [-0.2, -0.15) is 4.31 Å². The number of carbonyl (C=O) groups is 1. The molecular formula is C13H19BrN2O4S. The van der Waals surface area contributed by atoms with Crippen LogP contribution in [0, 0.1) is 0 Å². The lowest BCUT2D eigenvalue weighted by Crippen LogP contribution is -2.41. The molecule has 1 rings (SSSR count). The Morgan fingerprint density at radius 1 is 1.43 bits per heavy atom. The first-order valence-electron chi connectivity index (χ1n) is 6.42. The maximum atomic E-state index is 12.7. The van der Waals surface area contributed by atoms with Crippen LogP contribution in [0.3, 0.4) is 0 Å². The SMILES string of the molecule is CCOC(=O)CN(C(C)C)S(=O)(=O)c1cc(N)ccc1Br. The molecule has 0 aliphatic rings. The average molecular weight is 379 g/mol. The predicted molar refractivity (Wildman–Crippen MR) is 84.2 cm³/mol. The number of nitrogens with zero attached hydrogens (tertiary/aromatic N) is 1. The summed E-state index contributed by atoms with van der Waals surface area (Å²) in [5, 5.41) is 0. The van der Waals surface area contributed by atoms with Crippen molar-refractivity contribution in [3.63, 3.8) is 0 Å². The molecule has 118 valence electrons. The van der Waals surface area contributed by atoms with Crippen molar-refractivity contribution >= 4 is 37.6 Å². The van der Waals surface area contributed by atoms with E-state index >= 15 is 0 Å². The summed E-state index contributed by atoms with van der Waals surface area (Å²) in [6, 6.07) is 4.12. The Bertz CT molecular complexity index is 617. The zero-order valence-corrected chi connectivity index (χ0v) is 14.6. The average Bonchev–Trinajstić information content (AvgIpc) is 2.38. The normalized spacial score (nSPS) is 11.9. The standard InChI is InChI=1S/C13H19BrN2O4S/c1-4-20-13(17)8-16(9(2)3)21(18,19)12-7-10(15)5-6-11(12)14/h5-7,9H,4,8,15H2,1-3H3. The van der Waals surface area contributed by atoms with Gasteiger partial charge in [0.2, 0.25) is 10.0 Å². The third-order valence-corrected chi connectivity index (χ3v) is 5.72. The van der Waals surface area contributed by atoms with Gasteiger partial charge in [0.1, 0.15) is 6.54 Å². The molecule has 6 nitrogen and oxygen atoms in total. The van der Waals surface area contributed by atoms with E-state index in [1.165, 1.54) is 6.07 Å².